The second-order valence-electron chi connectivity index (χ2n) is 8.46. The lowest BCUT2D eigenvalue weighted by Gasteiger charge is -2.09. The normalized spacial score (nSPS) is 10.9. The standard InChI is InChI=1S/C27H28N4O2/c1-19(2)18-33-27-29-26(22-11-9-20(3)10-12-22)31(30-27)24-15-13-23(14-16-24)28-25(32)17-21-7-5-4-6-8-21/h4-16,19H,17-18H2,1-3H3,(H,28,32). The van der Waals surface area contributed by atoms with Gasteiger partial charge < -0.3 is 10.1 Å². The number of hydrogen-bond donors (Lipinski definition) is 1. The van der Waals surface area contributed by atoms with Crippen LogP contribution in [0.15, 0.2) is 78.9 Å². The molecule has 1 aromatic heterocycles. The van der Waals surface area contributed by atoms with Gasteiger partial charge in [-0.3, -0.25) is 4.79 Å². The molecule has 0 atom stereocenters. The Morgan fingerprint density at radius 1 is 0.970 bits per heavy atom. The van der Waals surface area contributed by atoms with Crippen LogP contribution in [0.4, 0.5) is 5.69 Å². The van der Waals surface area contributed by atoms with E-state index in [-0.39, 0.29) is 5.91 Å². The molecule has 33 heavy (non-hydrogen) atoms. The van der Waals surface area contributed by atoms with Crippen molar-refractivity contribution < 1.29 is 9.53 Å². The fraction of sp³-hybridized carbons (Fsp3) is 0.222. The van der Waals surface area contributed by atoms with Gasteiger partial charge in [0.1, 0.15) is 0 Å². The van der Waals surface area contributed by atoms with Crippen LogP contribution in [-0.4, -0.2) is 27.3 Å². The highest BCUT2D eigenvalue weighted by atomic mass is 16.5. The van der Waals surface area contributed by atoms with Crippen molar-refractivity contribution >= 4 is 11.6 Å². The molecule has 1 heterocycles. The average molecular weight is 441 g/mol. The summed E-state index contributed by atoms with van der Waals surface area (Å²) in [6.07, 6.45) is 0.333. The van der Waals surface area contributed by atoms with Crippen LogP contribution in [0.5, 0.6) is 6.01 Å². The average Bonchev–Trinajstić information content (AvgIpc) is 3.23. The molecule has 0 aliphatic rings. The monoisotopic (exact) mass is 440 g/mol. The number of nitrogens with one attached hydrogen (secondary N) is 1. The maximum Gasteiger partial charge on any atom is 0.336 e. The SMILES string of the molecule is Cc1ccc(-c2nc(OCC(C)C)nn2-c2ccc(NC(=O)Cc3ccccc3)cc2)cc1. The lowest BCUT2D eigenvalue weighted by atomic mass is 10.1. The van der Waals surface area contributed by atoms with Crippen molar-refractivity contribution in [2.75, 3.05) is 11.9 Å². The van der Waals surface area contributed by atoms with Crippen molar-refractivity contribution in [3.63, 3.8) is 0 Å². The molecule has 0 aliphatic heterocycles. The number of rotatable bonds is 8. The summed E-state index contributed by atoms with van der Waals surface area (Å²) in [5.41, 5.74) is 4.67. The highest BCUT2D eigenvalue weighted by molar-refractivity contribution is 5.92. The summed E-state index contributed by atoms with van der Waals surface area (Å²) in [5.74, 6) is 1.02. The van der Waals surface area contributed by atoms with Crippen molar-refractivity contribution in [2.24, 2.45) is 5.92 Å². The summed E-state index contributed by atoms with van der Waals surface area (Å²) in [6, 6.07) is 25.8. The van der Waals surface area contributed by atoms with E-state index in [4.69, 9.17) is 4.74 Å². The van der Waals surface area contributed by atoms with E-state index in [1.54, 1.807) is 4.68 Å². The first kappa shape index (κ1) is 22.3. The minimum atomic E-state index is -0.0561. The molecular weight excluding hydrogens is 412 g/mol. The lowest BCUT2D eigenvalue weighted by molar-refractivity contribution is -0.115. The molecule has 1 N–H and O–H groups in total. The van der Waals surface area contributed by atoms with Crippen molar-refractivity contribution in [1.82, 2.24) is 14.8 Å². The molecule has 0 radical (unpaired) electrons. The van der Waals surface area contributed by atoms with Gasteiger partial charge >= 0.3 is 6.01 Å². The first-order valence-corrected chi connectivity index (χ1v) is 11.1. The summed E-state index contributed by atoms with van der Waals surface area (Å²) < 4.78 is 7.56. The smallest absolute Gasteiger partial charge is 0.336 e. The van der Waals surface area contributed by atoms with Crippen LogP contribution < -0.4 is 10.1 Å². The van der Waals surface area contributed by atoms with Crippen LogP contribution in [0.2, 0.25) is 0 Å². The maximum absolute atomic E-state index is 12.4. The van der Waals surface area contributed by atoms with E-state index in [1.165, 1.54) is 5.56 Å². The molecule has 0 aliphatic carbocycles. The predicted molar refractivity (Wildman–Crippen MR) is 131 cm³/mol. The van der Waals surface area contributed by atoms with Gasteiger partial charge in [0.25, 0.3) is 0 Å². The molecule has 6 heteroatoms. The highest BCUT2D eigenvalue weighted by Crippen LogP contribution is 2.25. The molecule has 0 spiro atoms. The Morgan fingerprint density at radius 3 is 2.33 bits per heavy atom. The van der Waals surface area contributed by atoms with Gasteiger partial charge in [0.15, 0.2) is 5.82 Å². The molecule has 4 rings (SSSR count). The van der Waals surface area contributed by atoms with Crippen molar-refractivity contribution in [2.45, 2.75) is 27.2 Å². The second kappa shape index (κ2) is 10.1. The molecule has 0 fully saturated rings. The third-order valence-corrected chi connectivity index (χ3v) is 5.05. The van der Waals surface area contributed by atoms with E-state index in [9.17, 15) is 4.79 Å². The fourth-order valence-corrected chi connectivity index (χ4v) is 3.34. The summed E-state index contributed by atoms with van der Waals surface area (Å²) in [5, 5.41) is 7.54. The van der Waals surface area contributed by atoms with Crippen LogP contribution in [0.3, 0.4) is 0 Å². The molecule has 0 bridgehead atoms. The van der Waals surface area contributed by atoms with Crippen molar-refractivity contribution in [3.8, 4) is 23.1 Å². The zero-order valence-electron chi connectivity index (χ0n) is 19.2. The van der Waals surface area contributed by atoms with Gasteiger partial charge in [-0.05, 0) is 42.7 Å². The maximum atomic E-state index is 12.4. The Hall–Kier alpha value is -3.93. The van der Waals surface area contributed by atoms with Crippen LogP contribution in [0.1, 0.15) is 25.0 Å². The van der Waals surface area contributed by atoms with Gasteiger partial charge in [0.05, 0.1) is 18.7 Å². The van der Waals surface area contributed by atoms with E-state index in [0.717, 1.165) is 22.5 Å². The summed E-state index contributed by atoms with van der Waals surface area (Å²) in [4.78, 5) is 17.0. The number of carbonyl (C=O) groups excluding carboxylic acids is 1. The number of hydrogen-bond acceptors (Lipinski definition) is 4. The predicted octanol–water partition coefficient (Wildman–Crippen LogP) is 5.46. The van der Waals surface area contributed by atoms with Gasteiger partial charge in [0, 0.05) is 11.3 Å². The molecular formula is C27H28N4O2. The summed E-state index contributed by atoms with van der Waals surface area (Å²) in [6.45, 7) is 6.77. The molecule has 4 aromatic rings. The first-order chi connectivity index (χ1) is 16.0. The summed E-state index contributed by atoms with van der Waals surface area (Å²) >= 11 is 0. The molecule has 1 amide bonds. The van der Waals surface area contributed by atoms with E-state index in [2.05, 4.69) is 36.2 Å². The van der Waals surface area contributed by atoms with Crippen LogP contribution in [0, 0.1) is 12.8 Å². The Labute approximate surface area is 194 Å². The Bertz CT molecular complexity index is 1200. The molecule has 0 saturated heterocycles. The zero-order valence-corrected chi connectivity index (χ0v) is 19.2. The Morgan fingerprint density at radius 2 is 1.67 bits per heavy atom. The molecule has 0 saturated carbocycles. The number of aromatic nitrogens is 3. The number of amides is 1. The molecule has 3 aromatic carbocycles. The number of nitrogens with zero attached hydrogens (tertiary/aromatic N) is 3. The lowest BCUT2D eigenvalue weighted by Crippen LogP contribution is -2.14. The van der Waals surface area contributed by atoms with E-state index in [0.29, 0.717) is 30.8 Å². The van der Waals surface area contributed by atoms with Crippen LogP contribution in [-0.2, 0) is 11.2 Å². The second-order valence-corrected chi connectivity index (χ2v) is 8.46. The fourth-order valence-electron chi connectivity index (χ4n) is 3.34. The van der Waals surface area contributed by atoms with Crippen LogP contribution in [0.25, 0.3) is 17.1 Å². The van der Waals surface area contributed by atoms with E-state index in [1.807, 2.05) is 78.9 Å². The molecule has 168 valence electrons. The molecule has 6 nitrogen and oxygen atoms in total. The van der Waals surface area contributed by atoms with Crippen LogP contribution >= 0.6 is 0 Å². The Kier molecular flexibility index (Phi) is 6.83. The quantitative estimate of drug-likeness (QED) is 0.395. The molecule has 0 unspecified atom stereocenters. The topological polar surface area (TPSA) is 69.0 Å². The van der Waals surface area contributed by atoms with Gasteiger partial charge in [0.2, 0.25) is 5.91 Å². The number of anilines is 1. The largest absolute Gasteiger partial charge is 0.462 e. The zero-order chi connectivity index (χ0) is 23.2. The third kappa shape index (κ3) is 5.86. The first-order valence-electron chi connectivity index (χ1n) is 11.1. The summed E-state index contributed by atoms with van der Waals surface area (Å²) in [7, 11) is 0. The Balaban J connectivity index is 1.55. The minimum absolute atomic E-state index is 0.0561. The highest BCUT2D eigenvalue weighted by Gasteiger charge is 2.15. The number of carbonyl (C=O) groups is 1. The van der Waals surface area contributed by atoms with E-state index < -0.39 is 0 Å². The van der Waals surface area contributed by atoms with Crippen molar-refractivity contribution in [1.29, 1.82) is 0 Å². The van der Waals surface area contributed by atoms with Gasteiger partial charge in [-0.25, -0.2) is 4.68 Å². The number of benzene rings is 3. The van der Waals surface area contributed by atoms with Gasteiger partial charge in [-0.2, -0.15) is 4.98 Å². The van der Waals surface area contributed by atoms with Gasteiger partial charge in [-0.1, -0.05) is 74.0 Å². The van der Waals surface area contributed by atoms with E-state index >= 15 is 0 Å². The third-order valence-electron chi connectivity index (χ3n) is 5.05. The number of ether oxygens (including phenoxy) is 1. The minimum Gasteiger partial charge on any atom is -0.462 e. The van der Waals surface area contributed by atoms with Gasteiger partial charge in [-0.15, -0.1) is 5.10 Å². The van der Waals surface area contributed by atoms with Crippen molar-refractivity contribution in [3.05, 3.63) is 90.0 Å². The number of aryl methyl sites for hydroxylation is 1.